The summed E-state index contributed by atoms with van der Waals surface area (Å²) in [5.74, 6) is -0.919. The zero-order valence-electron chi connectivity index (χ0n) is 27.2. The van der Waals surface area contributed by atoms with Crippen LogP contribution in [0.2, 0.25) is 15.1 Å². The van der Waals surface area contributed by atoms with Crippen molar-refractivity contribution in [2.45, 2.75) is 16.8 Å². The molecule has 5 aromatic carbocycles. The number of hydrogen-bond donors (Lipinski definition) is 1. The molecule has 2 heterocycles. The molecule has 1 fully saturated rings. The van der Waals surface area contributed by atoms with Crippen LogP contribution in [-0.4, -0.2) is 51.5 Å². The van der Waals surface area contributed by atoms with Gasteiger partial charge in [0.2, 0.25) is 0 Å². The second kappa shape index (κ2) is 15.5. The minimum absolute atomic E-state index is 0.119. The molecule has 5 aromatic rings. The van der Waals surface area contributed by atoms with E-state index in [9.17, 15) is 14.8 Å². The predicted molar refractivity (Wildman–Crippen MR) is 204 cm³/mol. The van der Waals surface area contributed by atoms with Gasteiger partial charge in [-0.05, 0) is 47.0 Å². The van der Waals surface area contributed by atoms with Crippen LogP contribution >= 0.6 is 46.6 Å². The zero-order valence-corrected chi connectivity index (χ0v) is 30.3. The molecule has 1 amide bonds. The number of nitrogens with zero attached hydrogens (tertiary/aromatic N) is 2. The summed E-state index contributed by atoms with van der Waals surface area (Å²) in [4.78, 5) is 39.0. The van der Waals surface area contributed by atoms with E-state index in [2.05, 4.69) is 4.89 Å². The summed E-state index contributed by atoms with van der Waals surface area (Å²) in [5.41, 5.74) is 1.49. The number of benzene rings is 5. The van der Waals surface area contributed by atoms with Crippen molar-refractivity contribution in [3.05, 3.63) is 170 Å². The quantitative estimate of drug-likeness (QED) is 0.0618. The van der Waals surface area contributed by atoms with Crippen LogP contribution in [0, 0.1) is 0 Å². The first-order valence-corrected chi connectivity index (χ1v) is 18.3. The van der Waals surface area contributed by atoms with Gasteiger partial charge in [0.25, 0.3) is 5.91 Å². The van der Waals surface area contributed by atoms with Crippen molar-refractivity contribution in [1.82, 2.24) is 4.90 Å². The van der Waals surface area contributed by atoms with Crippen molar-refractivity contribution in [3.8, 4) is 17.2 Å². The molecule has 0 radical (unpaired) electrons. The fraction of sp³-hybridized carbons (Fsp3) is 0.125. The average molecular weight is 772 g/mol. The number of ether oxygens (including phenoxy) is 2. The number of thioether (sulfide) groups is 1. The molecule has 2 aliphatic rings. The third-order valence-electron chi connectivity index (χ3n) is 8.79. The van der Waals surface area contributed by atoms with Crippen LogP contribution in [0.4, 0.5) is 0 Å². The maximum atomic E-state index is 14.9. The van der Waals surface area contributed by atoms with Gasteiger partial charge in [0.15, 0.2) is 17.0 Å². The molecule has 7 rings (SSSR count). The fourth-order valence-electron chi connectivity index (χ4n) is 6.46. The number of rotatable bonds is 11. The van der Waals surface area contributed by atoms with E-state index in [1.165, 1.54) is 16.7 Å². The van der Waals surface area contributed by atoms with E-state index in [-0.39, 0.29) is 28.8 Å². The molecule has 0 aliphatic carbocycles. The smallest absolute Gasteiger partial charge is 0.389 e. The van der Waals surface area contributed by atoms with E-state index < -0.39 is 28.7 Å². The van der Waals surface area contributed by atoms with Crippen LogP contribution in [0.3, 0.4) is 0 Å². The summed E-state index contributed by atoms with van der Waals surface area (Å²) in [7, 11) is 0. The highest BCUT2D eigenvalue weighted by Crippen LogP contribution is 2.56. The Hall–Kier alpha value is -4.77. The van der Waals surface area contributed by atoms with Gasteiger partial charge in [-0.25, -0.2) is 4.79 Å². The fourth-order valence-corrected chi connectivity index (χ4v) is 8.55. The van der Waals surface area contributed by atoms with Crippen molar-refractivity contribution in [2.75, 3.05) is 12.4 Å². The number of carbonyl (C=O) groups is 2. The number of fused-ring (bicyclic) bond motifs is 1. The summed E-state index contributed by atoms with van der Waals surface area (Å²) < 4.78 is 12.2. The average Bonchev–Trinajstić information content (AvgIpc) is 3.17. The van der Waals surface area contributed by atoms with Crippen molar-refractivity contribution < 1.29 is 29.2 Å². The second-order valence-corrected chi connectivity index (χ2v) is 14.3. The first-order chi connectivity index (χ1) is 25.3. The predicted octanol–water partition coefficient (Wildman–Crippen LogP) is 9.69. The van der Waals surface area contributed by atoms with Gasteiger partial charge in [-0.1, -0.05) is 126 Å². The molecule has 1 saturated heterocycles. The lowest BCUT2D eigenvalue weighted by molar-refractivity contribution is -0.232. The highest BCUT2D eigenvalue weighted by molar-refractivity contribution is 8.00. The first kappa shape index (κ1) is 35.6. The van der Waals surface area contributed by atoms with Gasteiger partial charge in [-0.3, -0.25) is 19.6 Å². The van der Waals surface area contributed by atoms with E-state index in [0.29, 0.717) is 27.1 Å². The molecular weight excluding hydrogens is 743 g/mol. The van der Waals surface area contributed by atoms with Crippen LogP contribution in [-0.2, 0) is 14.5 Å². The molecule has 8 nitrogen and oxygen atoms in total. The minimum Gasteiger partial charge on any atom is -0.485 e. The van der Waals surface area contributed by atoms with Gasteiger partial charge in [0, 0.05) is 39.6 Å². The van der Waals surface area contributed by atoms with Gasteiger partial charge in [-0.2, -0.15) is 5.26 Å². The number of amides is 1. The molecule has 0 spiro atoms. The largest absolute Gasteiger partial charge is 0.485 e. The third-order valence-corrected chi connectivity index (χ3v) is 11.0. The number of halogens is 3. The van der Waals surface area contributed by atoms with Crippen LogP contribution in [0.1, 0.15) is 22.6 Å². The lowest BCUT2D eigenvalue weighted by Crippen LogP contribution is -2.75. The summed E-state index contributed by atoms with van der Waals surface area (Å²) in [6, 6.07) is 38.6. The zero-order chi connectivity index (χ0) is 36.2. The van der Waals surface area contributed by atoms with Gasteiger partial charge in [0.1, 0.15) is 23.4 Å². The maximum absolute atomic E-state index is 14.9. The number of aliphatic imine (C=N–C) groups is 1. The van der Waals surface area contributed by atoms with Gasteiger partial charge < -0.3 is 9.47 Å². The van der Waals surface area contributed by atoms with E-state index in [1.807, 2.05) is 91.0 Å². The Bertz CT molecular complexity index is 2130. The molecule has 52 heavy (non-hydrogen) atoms. The molecule has 0 bridgehead atoms. The van der Waals surface area contributed by atoms with E-state index in [4.69, 9.17) is 49.3 Å². The highest BCUT2D eigenvalue weighted by Gasteiger charge is 2.68. The van der Waals surface area contributed by atoms with Gasteiger partial charge in [0.05, 0.1) is 5.02 Å². The molecule has 12 heteroatoms. The summed E-state index contributed by atoms with van der Waals surface area (Å²) in [6.07, 6.45) is 1.70. The Kier molecular flexibility index (Phi) is 10.6. The molecule has 0 aromatic heterocycles. The minimum atomic E-state index is -1.37. The normalized spacial score (nSPS) is 18.3. The van der Waals surface area contributed by atoms with Crippen molar-refractivity contribution in [1.29, 1.82) is 0 Å². The summed E-state index contributed by atoms with van der Waals surface area (Å²) >= 11 is 20.2. The van der Waals surface area contributed by atoms with Crippen LogP contribution in [0.5, 0.6) is 17.2 Å². The Morgan fingerprint density at radius 2 is 1.44 bits per heavy atom. The molecule has 262 valence electrons. The lowest BCUT2D eigenvalue weighted by atomic mass is 9.69. The maximum Gasteiger partial charge on any atom is 0.389 e. The first-order valence-electron chi connectivity index (χ1n) is 16.1. The highest BCUT2D eigenvalue weighted by atomic mass is 35.5. The van der Waals surface area contributed by atoms with Crippen molar-refractivity contribution in [3.63, 3.8) is 0 Å². The molecule has 1 N–H and O–H groups in total. The SMILES string of the molecule is O=C(OO)C1=C(COc2cc(Cl)ccc2Oc2ccc(Cl)cc2Cl)CS[C@@H]2N1C(=O)C2(N=Cc1ccccc1)C(c1ccccc1)c1ccccc1. The van der Waals surface area contributed by atoms with Crippen LogP contribution in [0.15, 0.2) is 144 Å². The van der Waals surface area contributed by atoms with Crippen molar-refractivity contribution >= 4 is 64.7 Å². The van der Waals surface area contributed by atoms with Gasteiger partial charge >= 0.3 is 5.97 Å². The Balaban J connectivity index is 1.27. The Labute approximate surface area is 319 Å². The van der Waals surface area contributed by atoms with Crippen molar-refractivity contribution in [2.24, 2.45) is 4.99 Å². The van der Waals surface area contributed by atoms with Crippen LogP contribution < -0.4 is 9.47 Å². The topological polar surface area (TPSA) is 97.7 Å². The number of carbonyl (C=O) groups excluding carboxylic acids is 2. The molecular formula is C40H29Cl3N2O6S. The van der Waals surface area contributed by atoms with E-state index >= 15 is 0 Å². The molecule has 0 saturated carbocycles. The Morgan fingerprint density at radius 1 is 0.846 bits per heavy atom. The molecule has 2 aliphatic heterocycles. The standard InChI is InChI=1S/C40H29Cl3N2O6S/c41-29-16-18-32(31(43)20-29)50-33-19-17-30(42)21-34(33)49-23-28-24-52-39-40(44-22-25-10-4-1-5-11-25,38(47)45(39)36(28)37(46)51-48)35(26-12-6-2-7-13-26)27-14-8-3-9-15-27/h1-22,35,39,48H,23-24H2/t39-,40?/m0/s1. The Morgan fingerprint density at radius 3 is 2.06 bits per heavy atom. The summed E-state index contributed by atoms with van der Waals surface area (Å²) in [5, 5.41) is 10.1. The lowest BCUT2D eigenvalue weighted by Gasteiger charge is -2.58. The van der Waals surface area contributed by atoms with Crippen LogP contribution in [0.25, 0.3) is 0 Å². The van der Waals surface area contributed by atoms with Gasteiger partial charge in [-0.15, -0.1) is 11.8 Å². The molecule has 1 unspecified atom stereocenters. The second-order valence-electron chi connectivity index (χ2n) is 12.0. The number of β-lactam (4-membered cyclic amide) rings is 1. The van der Waals surface area contributed by atoms with E-state index in [1.54, 1.807) is 42.6 Å². The monoisotopic (exact) mass is 770 g/mol. The third kappa shape index (κ3) is 6.90. The van der Waals surface area contributed by atoms with E-state index in [0.717, 1.165) is 16.7 Å². The summed E-state index contributed by atoms with van der Waals surface area (Å²) in [6.45, 7) is -0.167. The number of hydrogen-bond acceptors (Lipinski definition) is 8. The molecule has 2 atom stereocenters.